The number of hydrogen-bond acceptors (Lipinski definition) is 0. The molecule has 0 spiro atoms. The average molecular weight is 155 g/mol. The van der Waals surface area contributed by atoms with E-state index in [1.165, 1.54) is 0 Å². The van der Waals surface area contributed by atoms with E-state index in [0.717, 1.165) is 0 Å². The molecule has 0 rings (SSSR count). The normalized spacial score (nSPS) is 0.667. The first-order valence-electron chi connectivity index (χ1n) is 0.577. The van der Waals surface area contributed by atoms with Gasteiger partial charge in [0.1, 0.15) is 0 Å². The van der Waals surface area contributed by atoms with Crippen LogP contribution in [0, 0.1) is 25.7 Å². The third kappa shape index (κ3) is 369. The minimum atomic E-state index is 0. The molecule has 0 fully saturated rings. The predicted molar refractivity (Wildman–Crippen MR) is 32.5 cm³/mol. The van der Waals surface area contributed by atoms with Crippen LogP contribution in [0.2, 0.25) is 0 Å². The zero-order valence-electron chi connectivity index (χ0n) is 3.27. The van der Waals surface area contributed by atoms with Crippen LogP contribution in [-0.2, 0) is 0 Å². The molecule has 2 heteroatoms. The molecule has 6 heavy (non-hydrogen) atoms. The van der Waals surface area contributed by atoms with Crippen molar-refractivity contribution in [1.29, 1.82) is 0 Å². The van der Waals surface area contributed by atoms with Gasteiger partial charge in [-0.1, -0.05) is 0 Å². The summed E-state index contributed by atoms with van der Waals surface area (Å²) in [6, 6.07) is 0. The van der Waals surface area contributed by atoms with E-state index in [2.05, 4.69) is 12.8 Å². The fraction of sp³-hybridized carbons (Fsp3) is 0. The molecule has 0 radical (unpaired) electrons. The van der Waals surface area contributed by atoms with Gasteiger partial charge in [-0.15, -0.1) is 17.0 Å². The SMILES string of the molecule is Br.[C-]#C.[C-]#C.[Mg+2]. The fourth-order valence-electron chi connectivity index (χ4n) is 0. The molecule has 0 bridgehead atoms. The number of halogens is 1. The molecule has 0 aliphatic heterocycles. The Balaban J connectivity index is -0.00000000500. The zero-order valence-corrected chi connectivity index (χ0v) is 6.40. The Morgan fingerprint density at radius 3 is 0.833 bits per heavy atom. The number of hydrogen-bond donors (Lipinski definition) is 0. The van der Waals surface area contributed by atoms with Crippen LogP contribution in [0.15, 0.2) is 0 Å². The summed E-state index contributed by atoms with van der Waals surface area (Å²) in [6.45, 7) is 0. The minimum Gasteiger partial charge on any atom is -0.697 e. The van der Waals surface area contributed by atoms with Crippen molar-refractivity contribution >= 4 is 40.0 Å². The summed E-state index contributed by atoms with van der Waals surface area (Å²) in [4.78, 5) is 0. The van der Waals surface area contributed by atoms with Crippen molar-refractivity contribution in [1.82, 2.24) is 0 Å². The molecule has 0 aromatic rings. The van der Waals surface area contributed by atoms with Crippen LogP contribution in [-0.4, -0.2) is 23.1 Å². The van der Waals surface area contributed by atoms with E-state index in [-0.39, 0.29) is 40.0 Å². The van der Waals surface area contributed by atoms with Crippen LogP contribution >= 0.6 is 17.0 Å². The Morgan fingerprint density at radius 2 is 0.833 bits per heavy atom. The molecular formula is C4H3BrMg. The molecule has 0 aromatic carbocycles. The zero-order chi connectivity index (χ0) is 4.00. The fourth-order valence-corrected chi connectivity index (χ4v) is 0. The topological polar surface area (TPSA) is 0 Å². The summed E-state index contributed by atoms with van der Waals surface area (Å²) in [6.07, 6.45) is 18.0. The maximum absolute atomic E-state index is 5.25. The molecule has 0 atom stereocenters. The van der Waals surface area contributed by atoms with Gasteiger partial charge in [0, 0.05) is 0 Å². The van der Waals surface area contributed by atoms with Crippen molar-refractivity contribution < 1.29 is 0 Å². The molecule has 0 unspecified atom stereocenters. The van der Waals surface area contributed by atoms with Crippen molar-refractivity contribution in [3.8, 4) is 12.8 Å². The monoisotopic (exact) mass is 154 g/mol. The summed E-state index contributed by atoms with van der Waals surface area (Å²) in [5, 5.41) is 0. The van der Waals surface area contributed by atoms with Crippen LogP contribution in [0.25, 0.3) is 0 Å². The van der Waals surface area contributed by atoms with Gasteiger partial charge in [-0.2, -0.15) is 0 Å². The maximum atomic E-state index is 5.25. The number of rotatable bonds is 0. The Hall–Kier alpha value is 0.366. The van der Waals surface area contributed by atoms with E-state index in [4.69, 9.17) is 12.8 Å². The van der Waals surface area contributed by atoms with Crippen molar-refractivity contribution in [2.45, 2.75) is 0 Å². The molecule has 0 heterocycles. The summed E-state index contributed by atoms with van der Waals surface area (Å²) < 4.78 is 0. The molecular weight excluding hydrogens is 152 g/mol. The molecule has 0 aliphatic carbocycles. The van der Waals surface area contributed by atoms with Crippen molar-refractivity contribution in [2.24, 2.45) is 0 Å². The summed E-state index contributed by atoms with van der Waals surface area (Å²) in [5.41, 5.74) is 0. The van der Waals surface area contributed by atoms with E-state index >= 15 is 0 Å². The molecule has 0 aromatic heterocycles. The van der Waals surface area contributed by atoms with Gasteiger partial charge in [0.05, 0.1) is 0 Å². The van der Waals surface area contributed by atoms with E-state index in [1.807, 2.05) is 0 Å². The van der Waals surface area contributed by atoms with Crippen molar-refractivity contribution in [3.05, 3.63) is 12.8 Å². The maximum Gasteiger partial charge on any atom is 2.00 e. The molecule has 0 nitrogen and oxygen atoms in total. The quantitative estimate of drug-likeness (QED) is 0.273. The first-order valence-corrected chi connectivity index (χ1v) is 0.577. The second kappa shape index (κ2) is 763. The Labute approximate surface area is 65.6 Å². The Bertz CT molecular complexity index is 23.0. The molecule has 28 valence electrons. The number of terminal acetylenes is 2. The van der Waals surface area contributed by atoms with Gasteiger partial charge < -0.3 is 25.7 Å². The molecule has 0 amide bonds. The van der Waals surface area contributed by atoms with Gasteiger partial charge in [-0.05, 0) is 0 Å². The minimum absolute atomic E-state index is 0. The molecule has 0 saturated heterocycles. The van der Waals surface area contributed by atoms with Gasteiger partial charge >= 0.3 is 23.1 Å². The third-order valence-corrected chi connectivity index (χ3v) is 0. The summed E-state index contributed by atoms with van der Waals surface area (Å²) in [7, 11) is 0. The van der Waals surface area contributed by atoms with Crippen LogP contribution < -0.4 is 0 Å². The van der Waals surface area contributed by atoms with Gasteiger partial charge in [-0.3, -0.25) is 0 Å². The average Bonchev–Trinajstić information content (AvgIpc) is 1.50. The summed E-state index contributed by atoms with van der Waals surface area (Å²) in [5.74, 6) is 0. The second-order valence-corrected chi connectivity index (χ2v) is 0. The smallest absolute Gasteiger partial charge is 0.697 e. The standard InChI is InChI=1S/2C2H.BrH.Mg/c2*1-2;;/h2*1H;1H;/q2*-1;;+2. The largest absolute Gasteiger partial charge is 2.00 e. The Morgan fingerprint density at radius 1 is 0.833 bits per heavy atom. The van der Waals surface area contributed by atoms with Gasteiger partial charge in [0.15, 0.2) is 0 Å². The van der Waals surface area contributed by atoms with Crippen molar-refractivity contribution in [2.75, 3.05) is 0 Å². The van der Waals surface area contributed by atoms with E-state index in [9.17, 15) is 0 Å². The van der Waals surface area contributed by atoms with E-state index in [1.54, 1.807) is 0 Å². The predicted octanol–water partition coefficient (Wildman–Crippen LogP) is 0.609. The molecule has 0 N–H and O–H groups in total. The van der Waals surface area contributed by atoms with Gasteiger partial charge in [0.2, 0.25) is 0 Å². The van der Waals surface area contributed by atoms with Crippen LogP contribution in [0.1, 0.15) is 0 Å². The third-order valence-electron chi connectivity index (χ3n) is 0. The first kappa shape index (κ1) is 32.7. The van der Waals surface area contributed by atoms with Crippen molar-refractivity contribution in [3.63, 3.8) is 0 Å². The van der Waals surface area contributed by atoms with Crippen LogP contribution in [0.3, 0.4) is 0 Å². The van der Waals surface area contributed by atoms with Gasteiger partial charge in [0.25, 0.3) is 0 Å². The summed E-state index contributed by atoms with van der Waals surface area (Å²) >= 11 is 0. The van der Waals surface area contributed by atoms with E-state index in [0.29, 0.717) is 0 Å². The van der Waals surface area contributed by atoms with Gasteiger partial charge in [-0.25, -0.2) is 0 Å². The Kier molecular flexibility index (Phi) is 4160. The van der Waals surface area contributed by atoms with E-state index < -0.39 is 0 Å². The van der Waals surface area contributed by atoms with Crippen LogP contribution in [0.5, 0.6) is 0 Å². The molecule has 0 aliphatic rings. The second-order valence-electron chi connectivity index (χ2n) is 0. The first-order chi connectivity index (χ1) is 2.00. The van der Waals surface area contributed by atoms with Crippen LogP contribution in [0.4, 0.5) is 0 Å². The molecule has 0 saturated carbocycles.